The third-order valence-electron chi connectivity index (χ3n) is 3.51. The Morgan fingerprint density at radius 1 is 1.04 bits per heavy atom. The fourth-order valence-electron chi connectivity index (χ4n) is 2.15. The molecule has 0 aliphatic rings. The van der Waals surface area contributed by atoms with E-state index < -0.39 is 0 Å². The summed E-state index contributed by atoms with van der Waals surface area (Å²) in [5.74, 6) is 1.59. The summed E-state index contributed by atoms with van der Waals surface area (Å²) in [7, 11) is 0. The van der Waals surface area contributed by atoms with E-state index in [4.69, 9.17) is 4.74 Å². The van der Waals surface area contributed by atoms with Crippen LogP contribution in [0.5, 0.6) is 5.75 Å². The van der Waals surface area contributed by atoms with Gasteiger partial charge in [0.15, 0.2) is 0 Å². The van der Waals surface area contributed by atoms with Gasteiger partial charge in [0.1, 0.15) is 5.75 Å². The Morgan fingerprint density at radius 2 is 1.74 bits per heavy atom. The van der Waals surface area contributed by atoms with Crippen LogP contribution in [0.15, 0.2) is 48.5 Å². The first-order chi connectivity index (χ1) is 11.0. The summed E-state index contributed by atoms with van der Waals surface area (Å²) in [6.45, 7) is 9.14. The van der Waals surface area contributed by atoms with Crippen LogP contribution < -0.4 is 10.1 Å². The molecular weight excluding hydrogens is 286 g/mol. The number of rotatable bonds is 6. The summed E-state index contributed by atoms with van der Waals surface area (Å²) in [5, 5.41) is 2.92. The molecule has 2 aromatic rings. The van der Waals surface area contributed by atoms with Crippen molar-refractivity contribution in [1.82, 2.24) is 0 Å². The number of anilines is 1. The highest BCUT2D eigenvalue weighted by molar-refractivity contribution is 6.04. The number of carbonyl (C=O) groups is 1. The van der Waals surface area contributed by atoms with Crippen LogP contribution >= 0.6 is 0 Å². The van der Waals surface area contributed by atoms with E-state index in [9.17, 15) is 4.79 Å². The summed E-state index contributed by atoms with van der Waals surface area (Å²) < 4.78 is 5.69. The van der Waals surface area contributed by atoms with Gasteiger partial charge in [-0.2, -0.15) is 0 Å². The van der Waals surface area contributed by atoms with Crippen LogP contribution in [-0.4, -0.2) is 12.5 Å². The summed E-state index contributed by atoms with van der Waals surface area (Å²) >= 11 is 0. The zero-order valence-electron chi connectivity index (χ0n) is 14.3. The molecule has 23 heavy (non-hydrogen) atoms. The van der Waals surface area contributed by atoms with E-state index in [1.54, 1.807) is 0 Å². The molecule has 0 atom stereocenters. The third-order valence-corrected chi connectivity index (χ3v) is 3.51. The maximum atomic E-state index is 12.3. The van der Waals surface area contributed by atoms with Crippen molar-refractivity contribution < 1.29 is 9.53 Å². The zero-order valence-corrected chi connectivity index (χ0v) is 14.3. The Balaban J connectivity index is 2.03. The Morgan fingerprint density at radius 3 is 2.35 bits per heavy atom. The van der Waals surface area contributed by atoms with Crippen LogP contribution in [0.3, 0.4) is 0 Å². The molecule has 3 heteroatoms. The van der Waals surface area contributed by atoms with Gasteiger partial charge in [0.2, 0.25) is 0 Å². The number of carbonyl (C=O) groups excluding carboxylic acids is 1. The Labute approximate surface area is 138 Å². The van der Waals surface area contributed by atoms with Crippen molar-refractivity contribution in [2.75, 3.05) is 11.9 Å². The van der Waals surface area contributed by atoms with Crippen LogP contribution in [0.1, 0.15) is 49.5 Å². The van der Waals surface area contributed by atoms with E-state index in [-0.39, 0.29) is 5.91 Å². The molecule has 122 valence electrons. The van der Waals surface area contributed by atoms with Crippen molar-refractivity contribution in [3.05, 3.63) is 59.7 Å². The highest BCUT2D eigenvalue weighted by Gasteiger charge is 2.08. The molecule has 0 spiro atoms. The average Bonchev–Trinajstić information content (AvgIpc) is 2.53. The quantitative estimate of drug-likeness (QED) is 0.806. The number of hydrogen-bond acceptors (Lipinski definition) is 2. The first kappa shape index (κ1) is 17.1. The molecule has 2 aromatic carbocycles. The molecule has 0 aromatic heterocycles. The number of nitrogens with one attached hydrogen (secondary N) is 1. The van der Waals surface area contributed by atoms with Gasteiger partial charge in [0.05, 0.1) is 6.61 Å². The largest absolute Gasteiger partial charge is 0.493 e. The van der Waals surface area contributed by atoms with Gasteiger partial charge >= 0.3 is 0 Å². The van der Waals surface area contributed by atoms with E-state index in [0.717, 1.165) is 11.4 Å². The summed E-state index contributed by atoms with van der Waals surface area (Å²) in [5.41, 5.74) is 2.62. The van der Waals surface area contributed by atoms with Crippen molar-refractivity contribution in [3.63, 3.8) is 0 Å². The van der Waals surface area contributed by atoms with Gasteiger partial charge in [0.25, 0.3) is 5.91 Å². The number of benzene rings is 2. The number of amides is 1. The minimum absolute atomic E-state index is 0.110. The van der Waals surface area contributed by atoms with Crippen molar-refractivity contribution >= 4 is 11.6 Å². The topological polar surface area (TPSA) is 38.3 Å². The molecule has 0 aliphatic carbocycles. The van der Waals surface area contributed by atoms with Crippen LogP contribution in [0.4, 0.5) is 5.69 Å². The second-order valence-corrected chi connectivity index (χ2v) is 6.46. The van der Waals surface area contributed by atoms with Gasteiger partial charge in [-0.15, -0.1) is 0 Å². The summed E-state index contributed by atoms with van der Waals surface area (Å²) in [4.78, 5) is 12.3. The first-order valence-corrected chi connectivity index (χ1v) is 8.10. The highest BCUT2D eigenvalue weighted by Crippen LogP contribution is 2.20. The van der Waals surface area contributed by atoms with Gasteiger partial charge in [0, 0.05) is 17.3 Å². The molecule has 0 saturated heterocycles. The molecule has 1 N–H and O–H groups in total. The maximum Gasteiger partial charge on any atom is 0.255 e. The summed E-state index contributed by atoms with van der Waals surface area (Å²) in [6.07, 6.45) is 0. The minimum atomic E-state index is -0.110. The highest BCUT2D eigenvalue weighted by atomic mass is 16.5. The lowest BCUT2D eigenvalue weighted by atomic mass is 10.0. The van der Waals surface area contributed by atoms with Crippen LogP contribution in [-0.2, 0) is 0 Å². The zero-order chi connectivity index (χ0) is 16.8. The van der Waals surface area contributed by atoms with Crippen LogP contribution in [0, 0.1) is 5.92 Å². The lowest BCUT2D eigenvalue weighted by Crippen LogP contribution is -2.12. The lowest BCUT2D eigenvalue weighted by Gasteiger charge is -2.11. The summed E-state index contributed by atoms with van der Waals surface area (Å²) in [6, 6.07) is 15.2. The normalized spacial score (nSPS) is 10.9. The van der Waals surface area contributed by atoms with Gasteiger partial charge < -0.3 is 10.1 Å². The molecular formula is C20H25NO2. The SMILES string of the molecule is CC(C)COc1cccc(NC(=O)c2ccc(C(C)C)cc2)c1. The van der Waals surface area contributed by atoms with E-state index in [1.807, 2.05) is 48.5 Å². The number of hydrogen-bond donors (Lipinski definition) is 1. The molecule has 1 amide bonds. The maximum absolute atomic E-state index is 12.3. The monoisotopic (exact) mass is 311 g/mol. The standard InChI is InChI=1S/C20H25NO2/c1-14(2)13-23-19-7-5-6-18(12-19)21-20(22)17-10-8-16(9-11-17)15(3)4/h5-12,14-15H,13H2,1-4H3,(H,21,22). The minimum Gasteiger partial charge on any atom is -0.493 e. The molecule has 3 nitrogen and oxygen atoms in total. The van der Waals surface area contributed by atoms with Crippen LogP contribution in [0.25, 0.3) is 0 Å². The predicted octanol–water partition coefficient (Wildman–Crippen LogP) is 5.10. The molecule has 2 rings (SSSR count). The van der Waals surface area contributed by atoms with Crippen LogP contribution in [0.2, 0.25) is 0 Å². The van der Waals surface area contributed by atoms with E-state index in [1.165, 1.54) is 5.56 Å². The molecule has 0 bridgehead atoms. The van der Waals surface area contributed by atoms with Gasteiger partial charge in [-0.1, -0.05) is 45.9 Å². The third kappa shape index (κ3) is 5.13. The van der Waals surface area contributed by atoms with E-state index >= 15 is 0 Å². The Bertz CT molecular complexity index is 645. The molecule has 0 aliphatic heterocycles. The smallest absolute Gasteiger partial charge is 0.255 e. The number of ether oxygens (including phenoxy) is 1. The fourth-order valence-corrected chi connectivity index (χ4v) is 2.15. The van der Waals surface area contributed by atoms with Gasteiger partial charge in [-0.05, 0) is 41.7 Å². The second-order valence-electron chi connectivity index (χ2n) is 6.46. The fraction of sp³-hybridized carbons (Fsp3) is 0.350. The molecule has 0 saturated carbocycles. The van der Waals surface area contributed by atoms with Gasteiger partial charge in [-0.3, -0.25) is 4.79 Å². The molecule has 0 radical (unpaired) electrons. The van der Waals surface area contributed by atoms with E-state index in [0.29, 0.717) is 24.0 Å². The molecule has 0 fully saturated rings. The first-order valence-electron chi connectivity index (χ1n) is 8.10. The molecule has 0 heterocycles. The van der Waals surface area contributed by atoms with Crippen molar-refractivity contribution in [1.29, 1.82) is 0 Å². The van der Waals surface area contributed by atoms with Crippen molar-refractivity contribution in [2.24, 2.45) is 5.92 Å². The van der Waals surface area contributed by atoms with Crippen molar-refractivity contribution in [2.45, 2.75) is 33.6 Å². The Kier molecular flexibility index (Phi) is 5.80. The van der Waals surface area contributed by atoms with Gasteiger partial charge in [-0.25, -0.2) is 0 Å². The Hall–Kier alpha value is -2.29. The predicted molar refractivity (Wildman–Crippen MR) is 95.3 cm³/mol. The molecule has 0 unspecified atom stereocenters. The average molecular weight is 311 g/mol. The van der Waals surface area contributed by atoms with Crippen molar-refractivity contribution in [3.8, 4) is 5.75 Å². The second kappa shape index (κ2) is 7.82. The lowest BCUT2D eigenvalue weighted by molar-refractivity contribution is 0.102. The van der Waals surface area contributed by atoms with E-state index in [2.05, 4.69) is 33.0 Å².